The highest BCUT2D eigenvalue weighted by atomic mass is 32.2. The molecule has 4 heteroatoms. The smallest absolute Gasteiger partial charge is 0.157 e. The van der Waals surface area contributed by atoms with E-state index < -0.39 is 0 Å². The van der Waals surface area contributed by atoms with E-state index in [-0.39, 0.29) is 0 Å². The number of thioether (sulfide) groups is 1. The Labute approximate surface area is 108 Å². The van der Waals surface area contributed by atoms with E-state index in [4.69, 9.17) is 9.73 Å². The molecule has 2 saturated heterocycles. The van der Waals surface area contributed by atoms with Crippen LogP contribution in [-0.2, 0) is 4.74 Å². The highest BCUT2D eigenvalue weighted by Crippen LogP contribution is 2.41. The van der Waals surface area contributed by atoms with Crippen molar-refractivity contribution in [3.8, 4) is 0 Å². The molecule has 0 aromatic rings. The second-order valence-corrected chi connectivity index (χ2v) is 7.06. The number of nitrogens with zero attached hydrogens (tertiary/aromatic N) is 1. The van der Waals surface area contributed by atoms with Crippen LogP contribution in [0.5, 0.6) is 0 Å². The molecule has 3 rings (SSSR count). The summed E-state index contributed by atoms with van der Waals surface area (Å²) >= 11 is 1.91. The van der Waals surface area contributed by atoms with Gasteiger partial charge in [-0.1, -0.05) is 25.1 Å². The molecule has 2 heterocycles. The minimum Gasteiger partial charge on any atom is -0.381 e. The van der Waals surface area contributed by atoms with E-state index in [0.29, 0.717) is 11.0 Å². The van der Waals surface area contributed by atoms with Crippen LogP contribution in [0.15, 0.2) is 4.99 Å². The Balaban J connectivity index is 1.57. The highest BCUT2D eigenvalue weighted by Gasteiger charge is 2.39. The number of rotatable bonds is 2. The molecular weight excluding hydrogens is 232 g/mol. The summed E-state index contributed by atoms with van der Waals surface area (Å²) in [7, 11) is 0. The maximum Gasteiger partial charge on any atom is 0.157 e. The van der Waals surface area contributed by atoms with Gasteiger partial charge in [0.15, 0.2) is 5.17 Å². The fourth-order valence-corrected chi connectivity index (χ4v) is 4.04. The van der Waals surface area contributed by atoms with Crippen molar-refractivity contribution in [2.45, 2.75) is 44.6 Å². The lowest BCUT2D eigenvalue weighted by molar-refractivity contribution is 0.0555. The van der Waals surface area contributed by atoms with Crippen LogP contribution < -0.4 is 5.32 Å². The molecule has 3 fully saturated rings. The first-order chi connectivity index (χ1) is 8.20. The van der Waals surface area contributed by atoms with Gasteiger partial charge in [0.25, 0.3) is 0 Å². The predicted molar refractivity (Wildman–Crippen MR) is 72.6 cm³/mol. The number of amidine groups is 1. The molecule has 2 aliphatic heterocycles. The van der Waals surface area contributed by atoms with Gasteiger partial charge in [0.2, 0.25) is 0 Å². The zero-order valence-electron chi connectivity index (χ0n) is 10.6. The van der Waals surface area contributed by atoms with Crippen LogP contribution in [0.2, 0.25) is 0 Å². The maximum absolute atomic E-state index is 5.44. The van der Waals surface area contributed by atoms with Gasteiger partial charge in [-0.3, -0.25) is 4.99 Å². The summed E-state index contributed by atoms with van der Waals surface area (Å²) in [5, 5.41) is 4.84. The second kappa shape index (κ2) is 4.47. The van der Waals surface area contributed by atoms with E-state index in [9.17, 15) is 0 Å². The molecule has 0 radical (unpaired) electrons. The van der Waals surface area contributed by atoms with Gasteiger partial charge in [0.05, 0.1) is 5.54 Å². The molecule has 0 amide bonds. The van der Waals surface area contributed by atoms with Crippen LogP contribution in [0.25, 0.3) is 0 Å². The molecule has 1 aliphatic carbocycles. The van der Waals surface area contributed by atoms with Gasteiger partial charge >= 0.3 is 0 Å². The third kappa shape index (κ3) is 2.48. The van der Waals surface area contributed by atoms with E-state index in [1.165, 1.54) is 30.2 Å². The molecule has 0 aromatic heterocycles. The lowest BCUT2D eigenvalue weighted by Gasteiger charge is -2.37. The normalized spacial score (nSPS) is 32.4. The first kappa shape index (κ1) is 11.8. The quantitative estimate of drug-likeness (QED) is 0.821. The van der Waals surface area contributed by atoms with Crippen LogP contribution in [0, 0.1) is 5.41 Å². The van der Waals surface area contributed by atoms with Crippen molar-refractivity contribution < 1.29 is 4.74 Å². The summed E-state index contributed by atoms with van der Waals surface area (Å²) in [6, 6.07) is 0. The van der Waals surface area contributed by atoms with Gasteiger partial charge in [0, 0.05) is 25.5 Å². The van der Waals surface area contributed by atoms with Gasteiger partial charge in [0.1, 0.15) is 0 Å². The van der Waals surface area contributed by atoms with Gasteiger partial charge < -0.3 is 10.1 Å². The highest BCUT2D eigenvalue weighted by molar-refractivity contribution is 8.14. The number of hydrogen-bond acceptors (Lipinski definition) is 3. The molecule has 3 nitrogen and oxygen atoms in total. The van der Waals surface area contributed by atoms with Crippen molar-refractivity contribution >= 4 is 16.9 Å². The lowest BCUT2D eigenvalue weighted by atomic mass is 9.71. The molecule has 0 unspecified atom stereocenters. The number of nitrogens with one attached hydrogen (secondary N) is 1. The van der Waals surface area contributed by atoms with Crippen LogP contribution in [-0.4, -0.2) is 36.2 Å². The third-order valence-electron chi connectivity index (χ3n) is 4.47. The standard InChI is InChI=1S/C13H22N2OS/c1-12(3-2-4-12)9-14-11-15-13(10-17-11)5-7-16-8-6-13/h2-10H2,1H3,(H,14,15). The Bertz CT molecular complexity index is 319. The van der Waals surface area contributed by atoms with E-state index in [0.717, 1.165) is 32.6 Å². The minimum atomic E-state index is 0.294. The minimum absolute atomic E-state index is 0.294. The Morgan fingerprint density at radius 1 is 1.29 bits per heavy atom. The molecule has 1 N–H and O–H groups in total. The van der Waals surface area contributed by atoms with Crippen molar-refractivity contribution in [2.75, 3.05) is 25.5 Å². The van der Waals surface area contributed by atoms with Crippen molar-refractivity contribution in [3.63, 3.8) is 0 Å². The Morgan fingerprint density at radius 3 is 2.71 bits per heavy atom. The van der Waals surface area contributed by atoms with Gasteiger partial charge in [-0.15, -0.1) is 0 Å². The summed E-state index contributed by atoms with van der Waals surface area (Å²) in [6.45, 7) is 5.18. The Hall–Kier alpha value is -0.220. The maximum atomic E-state index is 5.44. The van der Waals surface area contributed by atoms with E-state index in [1.807, 2.05) is 11.8 Å². The summed E-state index contributed by atoms with van der Waals surface area (Å²) in [4.78, 5) is 4.79. The molecule has 0 atom stereocenters. The van der Waals surface area contributed by atoms with Gasteiger partial charge in [-0.05, 0) is 31.1 Å². The summed E-state index contributed by atoms with van der Waals surface area (Å²) in [6.07, 6.45) is 6.37. The van der Waals surface area contributed by atoms with Crippen LogP contribution in [0.3, 0.4) is 0 Å². The summed E-state index contributed by atoms with van der Waals surface area (Å²) in [5.41, 5.74) is 0.795. The van der Waals surface area contributed by atoms with Gasteiger partial charge in [-0.25, -0.2) is 0 Å². The first-order valence-corrected chi connectivity index (χ1v) is 7.72. The third-order valence-corrected chi connectivity index (χ3v) is 5.67. The van der Waals surface area contributed by atoms with Crippen LogP contribution in [0.4, 0.5) is 0 Å². The van der Waals surface area contributed by atoms with Crippen molar-refractivity contribution in [2.24, 2.45) is 10.4 Å². The molecule has 0 bridgehead atoms. The zero-order chi connectivity index (χ0) is 11.8. The Kier molecular flexibility index (Phi) is 3.11. The Morgan fingerprint density at radius 2 is 2.06 bits per heavy atom. The predicted octanol–water partition coefficient (Wildman–Crippen LogP) is 2.42. The van der Waals surface area contributed by atoms with E-state index in [2.05, 4.69) is 12.2 Å². The van der Waals surface area contributed by atoms with Gasteiger partial charge in [-0.2, -0.15) is 0 Å². The molecular formula is C13H22N2OS. The van der Waals surface area contributed by atoms with Crippen molar-refractivity contribution in [1.82, 2.24) is 5.32 Å². The average Bonchev–Trinajstić information content (AvgIpc) is 2.68. The van der Waals surface area contributed by atoms with E-state index in [1.54, 1.807) is 0 Å². The zero-order valence-corrected chi connectivity index (χ0v) is 11.4. The summed E-state index contributed by atoms with van der Waals surface area (Å²) < 4.78 is 5.44. The number of ether oxygens (including phenoxy) is 1. The summed E-state index contributed by atoms with van der Waals surface area (Å²) in [5.74, 6) is 1.17. The van der Waals surface area contributed by atoms with E-state index >= 15 is 0 Å². The molecule has 1 saturated carbocycles. The average molecular weight is 254 g/mol. The van der Waals surface area contributed by atoms with Crippen LogP contribution >= 0.6 is 11.8 Å². The molecule has 1 spiro atoms. The first-order valence-electron chi connectivity index (χ1n) is 6.73. The second-order valence-electron chi connectivity index (χ2n) is 6.09. The number of hydrogen-bond donors (Lipinski definition) is 1. The SMILES string of the molecule is CC1(CN=C2NC3(CCOCC3)CS2)CCC1. The topological polar surface area (TPSA) is 33.6 Å². The molecule has 96 valence electrons. The van der Waals surface area contributed by atoms with Crippen LogP contribution in [0.1, 0.15) is 39.0 Å². The fourth-order valence-electron chi connectivity index (χ4n) is 2.82. The fraction of sp³-hybridized carbons (Fsp3) is 0.923. The largest absolute Gasteiger partial charge is 0.381 e. The number of aliphatic imine (C=N–C) groups is 1. The molecule has 0 aromatic carbocycles. The van der Waals surface area contributed by atoms with Crippen molar-refractivity contribution in [3.05, 3.63) is 0 Å². The van der Waals surface area contributed by atoms with Crippen molar-refractivity contribution in [1.29, 1.82) is 0 Å². The lowest BCUT2D eigenvalue weighted by Crippen LogP contribution is -2.48. The molecule has 17 heavy (non-hydrogen) atoms. The monoisotopic (exact) mass is 254 g/mol. The molecule has 3 aliphatic rings.